The summed E-state index contributed by atoms with van der Waals surface area (Å²) in [5.74, 6) is -0.291. The fourth-order valence-corrected chi connectivity index (χ4v) is 2.31. The van der Waals surface area contributed by atoms with Crippen molar-refractivity contribution < 1.29 is 4.79 Å². The first kappa shape index (κ1) is 17.6. The van der Waals surface area contributed by atoms with Gasteiger partial charge in [0.2, 0.25) is 0 Å². The molecule has 1 amide bonds. The molecular formula is C17H19Cl2N3O. The van der Waals surface area contributed by atoms with Crippen molar-refractivity contribution in [1.82, 2.24) is 4.98 Å². The van der Waals surface area contributed by atoms with Crippen molar-refractivity contribution in [1.29, 1.82) is 0 Å². The van der Waals surface area contributed by atoms with Crippen LogP contribution in [-0.2, 0) is 0 Å². The normalized spacial score (nSPS) is 10.4. The molecule has 23 heavy (non-hydrogen) atoms. The number of aromatic nitrogens is 1. The lowest BCUT2D eigenvalue weighted by atomic mass is 10.2. The van der Waals surface area contributed by atoms with Crippen LogP contribution in [0.5, 0.6) is 0 Å². The summed E-state index contributed by atoms with van der Waals surface area (Å²) in [5, 5.41) is 6.86. The maximum atomic E-state index is 12.2. The van der Waals surface area contributed by atoms with Gasteiger partial charge in [-0.05, 0) is 36.8 Å². The average molecular weight is 352 g/mol. The van der Waals surface area contributed by atoms with Gasteiger partial charge in [-0.25, -0.2) is 4.98 Å². The zero-order valence-electron chi connectivity index (χ0n) is 12.9. The Morgan fingerprint density at radius 3 is 2.52 bits per heavy atom. The lowest BCUT2D eigenvalue weighted by molar-refractivity contribution is 0.102. The van der Waals surface area contributed by atoms with Crippen LogP contribution < -0.4 is 10.6 Å². The zero-order valence-corrected chi connectivity index (χ0v) is 14.4. The van der Waals surface area contributed by atoms with Crippen molar-refractivity contribution in [2.24, 2.45) is 0 Å². The number of amides is 1. The number of pyridine rings is 1. The molecule has 4 nitrogen and oxygen atoms in total. The van der Waals surface area contributed by atoms with E-state index in [4.69, 9.17) is 23.2 Å². The second kappa shape index (κ2) is 8.75. The van der Waals surface area contributed by atoms with Crippen molar-refractivity contribution in [3.05, 3.63) is 52.3 Å². The van der Waals surface area contributed by atoms with E-state index in [0.29, 0.717) is 21.4 Å². The highest BCUT2D eigenvalue weighted by Gasteiger charge is 2.08. The van der Waals surface area contributed by atoms with Gasteiger partial charge < -0.3 is 10.6 Å². The molecule has 0 aliphatic rings. The van der Waals surface area contributed by atoms with Gasteiger partial charge in [-0.3, -0.25) is 4.79 Å². The minimum atomic E-state index is -0.291. The highest BCUT2D eigenvalue weighted by Crippen LogP contribution is 2.25. The van der Waals surface area contributed by atoms with Gasteiger partial charge in [-0.15, -0.1) is 0 Å². The smallest absolute Gasteiger partial charge is 0.274 e. The summed E-state index contributed by atoms with van der Waals surface area (Å²) in [6, 6.07) is 8.47. The highest BCUT2D eigenvalue weighted by atomic mass is 35.5. The Morgan fingerprint density at radius 1 is 1.09 bits per heavy atom. The predicted octanol–water partition coefficient (Wildman–Crippen LogP) is 5.24. The van der Waals surface area contributed by atoms with Crippen LogP contribution >= 0.6 is 23.2 Å². The van der Waals surface area contributed by atoms with Gasteiger partial charge in [-0.1, -0.05) is 43.0 Å². The first-order valence-corrected chi connectivity index (χ1v) is 8.32. The molecule has 1 aromatic carbocycles. The van der Waals surface area contributed by atoms with Crippen LogP contribution in [0.2, 0.25) is 10.0 Å². The molecule has 2 rings (SSSR count). The van der Waals surface area contributed by atoms with E-state index < -0.39 is 0 Å². The third kappa shape index (κ3) is 5.41. The monoisotopic (exact) mass is 351 g/mol. The molecule has 6 heteroatoms. The van der Waals surface area contributed by atoms with E-state index in [1.165, 1.54) is 12.8 Å². The molecule has 2 aromatic rings. The number of hydrogen-bond acceptors (Lipinski definition) is 3. The Hall–Kier alpha value is -1.78. The van der Waals surface area contributed by atoms with Crippen LogP contribution in [-0.4, -0.2) is 17.4 Å². The van der Waals surface area contributed by atoms with Gasteiger partial charge in [0.25, 0.3) is 5.91 Å². The quantitative estimate of drug-likeness (QED) is 0.670. The molecule has 2 N–H and O–H groups in total. The Balaban J connectivity index is 1.93. The molecule has 0 spiro atoms. The third-order valence-electron chi connectivity index (χ3n) is 3.28. The molecule has 0 bridgehead atoms. The maximum Gasteiger partial charge on any atom is 0.274 e. The van der Waals surface area contributed by atoms with E-state index in [2.05, 4.69) is 22.5 Å². The standard InChI is InChI=1S/C17H19Cl2N3O/c1-2-3-4-9-20-13-6-8-16(21-11-13)17(23)22-12-5-7-14(18)15(19)10-12/h5-8,10-11,20H,2-4,9H2,1H3,(H,22,23). The van der Waals surface area contributed by atoms with Gasteiger partial charge in [0.05, 0.1) is 21.9 Å². The molecule has 0 fully saturated rings. The molecule has 0 atom stereocenters. The van der Waals surface area contributed by atoms with Crippen molar-refractivity contribution in [3.63, 3.8) is 0 Å². The maximum absolute atomic E-state index is 12.2. The predicted molar refractivity (Wildman–Crippen MR) is 96.7 cm³/mol. The largest absolute Gasteiger partial charge is 0.384 e. The summed E-state index contributed by atoms with van der Waals surface area (Å²) in [7, 11) is 0. The Kier molecular flexibility index (Phi) is 6.68. The molecule has 0 saturated carbocycles. The summed E-state index contributed by atoms with van der Waals surface area (Å²) in [6.07, 6.45) is 5.17. The van der Waals surface area contributed by atoms with Crippen LogP contribution in [0.25, 0.3) is 0 Å². The summed E-state index contributed by atoms with van der Waals surface area (Å²) in [4.78, 5) is 16.3. The first-order chi connectivity index (χ1) is 11.1. The van der Waals surface area contributed by atoms with Crippen LogP contribution in [0.3, 0.4) is 0 Å². The average Bonchev–Trinajstić information content (AvgIpc) is 2.55. The number of unbranched alkanes of at least 4 members (excludes halogenated alkanes) is 2. The highest BCUT2D eigenvalue weighted by molar-refractivity contribution is 6.42. The summed E-state index contributed by atoms with van der Waals surface area (Å²) in [6.45, 7) is 3.08. The third-order valence-corrected chi connectivity index (χ3v) is 4.02. The van der Waals surface area contributed by atoms with E-state index in [0.717, 1.165) is 18.7 Å². The number of nitrogens with one attached hydrogen (secondary N) is 2. The number of carbonyl (C=O) groups is 1. The Bertz CT molecular complexity index is 659. The second-order valence-corrected chi connectivity index (χ2v) is 5.96. The zero-order chi connectivity index (χ0) is 16.7. The second-order valence-electron chi connectivity index (χ2n) is 5.15. The van der Waals surface area contributed by atoms with E-state index >= 15 is 0 Å². The Morgan fingerprint density at radius 2 is 1.87 bits per heavy atom. The van der Waals surface area contributed by atoms with Crippen molar-refractivity contribution in [3.8, 4) is 0 Å². The molecule has 1 heterocycles. The minimum absolute atomic E-state index is 0.291. The fourth-order valence-electron chi connectivity index (χ4n) is 2.01. The van der Waals surface area contributed by atoms with Crippen LogP contribution in [0, 0.1) is 0 Å². The molecule has 0 aliphatic carbocycles. The van der Waals surface area contributed by atoms with Gasteiger partial charge >= 0.3 is 0 Å². The molecule has 0 radical (unpaired) electrons. The number of nitrogens with zero attached hydrogens (tertiary/aromatic N) is 1. The van der Waals surface area contributed by atoms with Gasteiger partial charge in [0, 0.05) is 12.2 Å². The van der Waals surface area contributed by atoms with E-state index in [-0.39, 0.29) is 5.91 Å². The van der Waals surface area contributed by atoms with Crippen molar-refractivity contribution in [2.75, 3.05) is 17.2 Å². The molecular weight excluding hydrogens is 333 g/mol. The van der Waals surface area contributed by atoms with Gasteiger partial charge in [-0.2, -0.15) is 0 Å². The lowest BCUT2D eigenvalue weighted by Crippen LogP contribution is -2.13. The topological polar surface area (TPSA) is 54.0 Å². The lowest BCUT2D eigenvalue weighted by Gasteiger charge is -2.08. The van der Waals surface area contributed by atoms with E-state index in [1.54, 1.807) is 30.5 Å². The molecule has 122 valence electrons. The molecule has 0 saturated heterocycles. The molecule has 0 aliphatic heterocycles. The Labute approximate surface area is 146 Å². The number of anilines is 2. The van der Waals surface area contributed by atoms with Crippen molar-refractivity contribution >= 4 is 40.5 Å². The van der Waals surface area contributed by atoms with Gasteiger partial charge in [0.15, 0.2) is 0 Å². The first-order valence-electron chi connectivity index (χ1n) is 7.56. The van der Waals surface area contributed by atoms with Crippen LogP contribution in [0.4, 0.5) is 11.4 Å². The number of halogens is 2. The van der Waals surface area contributed by atoms with Crippen LogP contribution in [0.15, 0.2) is 36.5 Å². The fraction of sp³-hybridized carbons (Fsp3) is 0.294. The molecule has 0 unspecified atom stereocenters. The number of hydrogen-bond donors (Lipinski definition) is 2. The van der Waals surface area contributed by atoms with E-state index in [1.807, 2.05) is 6.07 Å². The van der Waals surface area contributed by atoms with E-state index in [9.17, 15) is 4.79 Å². The number of carbonyl (C=O) groups excluding carboxylic acids is 1. The van der Waals surface area contributed by atoms with Crippen LogP contribution in [0.1, 0.15) is 36.7 Å². The SMILES string of the molecule is CCCCCNc1ccc(C(=O)Nc2ccc(Cl)c(Cl)c2)nc1. The summed E-state index contributed by atoms with van der Waals surface area (Å²) in [5.41, 5.74) is 1.83. The number of benzene rings is 1. The number of rotatable bonds is 7. The summed E-state index contributed by atoms with van der Waals surface area (Å²) >= 11 is 11.8. The summed E-state index contributed by atoms with van der Waals surface area (Å²) < 4.78 is 0. The minimum Gasteiger partial charge on any atom is -0.384 e. The van der Waals surface area contributed by atoms with Gasteiger partial charge in [0.1, 0.15) is 5.69 Å². The molecule has 1 aromatic heterocycles. The van der Waals surface area contributed by atoms with Crippen molar-refractivity contribution in [2.45, 2.75) is 26.2 Å².